The number of rotatable bonds is 0. The van der Waals surface area contributed by atoms with E-state index < -0.39 is 0 Å². The first-order valence-corrected chi connectivity index (χ1v) is 2.83. The van der Waals surface area contributed by atoms with Crippen LogP contribution in [-0.4, -0.2) is 5.24 Å². The summed E-state index contributed by atoms with van der Waals surface area (Å²) >= 11 is 6.27. The molecule has 0 aromatic heterocycles. The molecule has 0 spiro atoms. The van der Waals surface area contributed by atoms with E-state index in [1.165, 1.54) is 5.41 Å². The van der Waals surface area contributed by atoms with Crippen molar-refractivity contribution in [1.29, 1.82) is 0 Å². The molecule has 0 atom stereocenters. The van der Waals surface area contributed by atoms with Crippen LogP contribution in [0.25, 0.3) is 0 Å². The fraction of sp³-hybridized carbons (Fsp3) is 0. The van der Waals surface area contributed by atoms with Crippen molar-refractivity contribution in [3.8, 4) is 0 Å². The van der Waals surface area contributed by atoms with Gasteiger partial charge in [-0.05, 0) is 11.8 Å². The average Bonchev–Trinajstić information content (AvgIpc) is 1.87. The van der Waals surface area contributed by atoms with Crippen LogP contribution in [0.2, 0.25) is 0 Å². The lowest BCUT2D eigenvalue weighted by Gasteiger charge is -1.78. The van der Waals surface area contributed by atoms with Gasteiger partial charge in [0.25, 0.3) is 0 Å². The van der Waals surface area contributed by atoms with Crippen molar-refractivity contribution in [2.45, 2.75) is 0 Å². The highest BCUT2D eigenvalue weighted by Gasteiger charge is 2.11. The Hall–Kier alpha value is -0.150. The maximum Gasteiger partial charge on any atom is 0.310 e. The van der Waals surface area contributed by atoms with Gasteiger partial charge in [0, 0.05) is 5.41 Å². The quantitative estimate of drug-likeness (QED) is 0.470. The molecular formula is C3HClNOS. The Morgan fingerprint density at radius 3 is 2.71 bits per heavy atom. The smallest absolute Gasteiger partial charge is 0.259 e. The van der Waals surface area contributed by atoms with Gasteiger partial charge in [0.2, 0.25) is 0 Å². The maximum absolute atomic E-state index is 10.1. The Labute approximate surface area is 49.9 Å². The van der Waals surface area contributed by atoms with Gasteiger partial charge >= 0.3 is 5.24 Å². The van der Waals surface area contributed by atoms with Gasteiger partial charge in [0.15, 0.2) is 0 Å². The van der Waals surface area contributed by atoms with Gasteiger partial charge in [-0.25, -0.2) is 0 Å². The summed E-state index contributed by atoms with van der Waals surface area (Å²) in [5.74, 6) is 0. The topological polar surface area (TPSA) is 31.2 Å². The molecule has 0 N–H and O–H groups in total. The van der Waals surface area contributed by atoms with Crippen LogP contribution in [0.15, 0.2) is 10.6 Å². The highest BCUT2D eigenvalue weighted by atomic mass is 35.5. The van der Waals surface area contributed by atoms with E-state index in [1.54, 1.807) is 0 Å². The Morgan fingerprint density at radius 2 is 2.57 bits per heavy atom. The number of hydrogen-bond acceptors (Lipinski definition) is 2. The van der Waals surface area contributed by atoms with Crippen LogP contribution in [0.1, 0.15) is 0 Å². The van der Waals surface area contributed by atoms with Crippen molar-refractivity contribution in [1.82, 2.24) is 5.32 Å². The molecule has 4 heteroatoms. The lowest BCUT2D eigenvalue weighted by atomic mass is 11.0. The van der Waals surface area contributed by atoms with Gasteiger partial charge in [-0.3, -0.25) is 4.79 Å². The van der Waals surface area contributed by atoms with Crippen LogP contribution in [0.5, 0.6) is 0 Å². The van der Waals surface area contributed by atoms with Crippen LogP contribution in [0.3, 0.4) is 0 Å². The van der Waals surface area contributed by atoms with Gasteiger partial charge in [-0.15, -0.1) is 0 Å². The van der Waals surface area contributed by atoms with Crippen molar-refractivity contribution in [3.05, 3.63) is 10.6 Å². The van der Waals surface area contributed by atoms with Crippen molar-refractivity contribution >= 4 is 28.6 Å². The van der Waals surface area contributed by atoms with Gasteiger partial charge in [0.05, 0.1) is 0 Å². The number of carbonyl (C=O) groups is 1. The van der Waals surface area contributed by atoms with Gasteiger partial charge < -0.3 is 0 Å². The highest BCUT2D eigenvalue weighted by Crippen LogP contribution is 2.18. The summed E-state index contributed by atoms with van der Waals surface area (Å²) in [5, 5.41) is 4.90. The van der Waals surface area contributed by atoms with Crippen molar-refractivity contribution in [2.75, 3.05) is 0 Å². The monoisotopic (exact) mass is 134 g/mol. The maximum atomic E-state index is 10.1. The van der Waals surface area contributed by atoms with Crippen LogP contribution >= 0.6 is 23.4 Å². The second kappa shape index (κ2) is 1.76. The summed E-state index contributed by atoms with van der Waals surface area (Å²) in [6.45, 7) is 0. The minimum absolute atomic E-state index is 0.231. The molecule has 0 saturated carbocycles. The van der Waals surface area contributed by atoms with E-state index in [2.05, 4.69) is 5.32 Å². The molecule has 1 radical (unpaired) electrons. The molecular weight excluding hydrogens is 134 g/mol. The molecule has 0 aromatic carbocycles. The summed E-state index contributed by atoms with van der Waals surface area (Å²) in [6, 6.07) is 0. The number of amides is 1. The zero-order valence-corrected chi connectivity index (χ0v) is 4.79. The number of carbonyl (C=O) groups excluding carboxylic acids is 1. The number of thioether (sulfide) groups is 1. The third kappa shape index (κ3) is 1.11. The predicted molar refractivity (Wildman–Crippen MR) is 29.1 cm³/mol. The summed E-state index contributed by atoms with van der Waals surface area (Å²) in [6.07, 6.45) is 0. The summed E-state index contributed by atoms with van der Waals surface area (Å²) in [4.78, 5) is 10.1. The van der Waals surface area contributed by atoms with E-state index in [-0.39, 0.29) is 10.4 Å². The fourth-order valence-electron chi connectivity index (χ4n) is 0.239. The molecule has 1 aliphatic rings. The average molecular weight is 135 g/mol. The molecule has 7 heavy (non-hydrogen) atoms. The molecule has 0 fully saturated rings. The summed E-state index contributed by atoms with van der Waals surface area (Å²) in [5.41, 5.74) is 0. The van der Waals surface area contributed by atoms with Crippen LogP contribution < -0.4 is 5.32 Å². The van der Waals surface area contributed by atoms with E-state index in [1.807, 2.05) is 0 Å². The molecule has 1 amide bonds. The Morgan fingerprint density at radius 1 is 1.86 bits per heavy atom. The summed E-state index contributed by atoms with van der Waals surface area (Å²) < 4.78 is 0. The van der Waals surface area contributed by atoms with E-state index in [0.717, 1.165) is 11.8 Å². The second-order valence-corrected chi connectivity index (χ2v) is 2.14. The first kappa shape index (κ1) is 5.00. The largest absolute Gasteiger partial charge is 0.310 e. The molecule has 0 unspecified atom stereocenters. The van der Waals surface area contributed by atoms with Crippen LogP contribution in [-0.2, 0) is 0 Å². The Balaban J connectivity index is 2.58. The van der Waals surface area contributed by atoms with Crippen molar-refractivity contribution in [3.63, 3.8) is 0 Å². The standard InChI is InChI=1S/C3HClNOS/c4-2-1-7-3(6)5-2/h1H. The molecule has 0 saturated heterocycles. The Bertz CT molecular complexity index is 133. The highest BCUT2D eigenvalue weighted by molar-refractivity contribution is 8.16. The molecule has 1 heterocycles. The lowest BCUT2D eigenvalue weighted by molar-refractivity contribution is 0.263. The number of nitrogens with zero attached hydrogens (tertiary/aromatic N) is 1. The van der Waals surface area contributed by atoms with Crippen LogP contribution in [0.4, 0.5) is 4.79 Å². The lowest BCUT2D eigenvalue weighted by Crippen LogP contribution is -1.96. The molecule has 0 aromatic rings. The molecule has 37 valence electrons. The molecule has 1 rings (SSSR count). The minimum atomic E-state index is -0.231. The normalized spacial score (nSPS) is 19.0. The minimum Gasteiger partial charge on any atom is -0.259 e. The predicted octanol–water partition coefficient (Wildman–Crippen LogP) is 1.50. The van der Waals surface area contributed by atoms with Gasteiger partial charge in [0.1, 0.15) is 5.16 Å². The number of halogens is 1. The third-order valence-corrected chi connectivity index (χ3v) is 1.41. The number of hydrogen-bond donors (Lipinski definition) is 0. The zero-order chi connectivity index (χ0) is 5.28. The summed E-state index contributed by atoms with van der Waals surface area (Å²) in [7, 11) is 0. The second-order valence-electron chi connectivity index (χ2n) is 0.936. The van der Waals surface area contributed by atoms with E-state index in [4.69, 9.17) is 11.6 Å². The Kier molecular flexibility index (Phi) is 1.25. The van der Waals surface area contributed by atoms with Crippen molar-refractivity contribution < 1.29 is 4.79 Å². The van der Waals surface area contributed by atoms with Crippen molar-refractivity contribution in [2.24, 2.45) is 0 Å². The zero-order valence-electron chi connectivity index (χ0n) is 3.22. The fourth-order valence-corrected chi connectivity index (χ4v) is 0.901. The molecule has 2 nitrogen and oxygen atoms in total. The molecule has 0 bridgehead atoms. The first-order chi connectivity index (χ1) is 3.29. The van der Waals surface area contributed by atoms with E-state index in [0.29, 0.717) is 0 Å². The van der Waals surface area contributed by atoms with Gasteiger partial charge in [-0.2, -0.15) is 5.32 Å². The van der Waals surface area contributed by atoms with E-state index in [9.17, 15) is 4.79 Å². The SMILES string of the molecule is O=C1[N]C(Cl)=CS1. The first-order valence-electron chi connectivity index (χ1n) is 1.57. The molecule has 1 aliphatic heterocycles. The third-order valence-electron chi connectivity index (χ3n) is 0.455. The van der Waals surface area contributed by atoms with Crippen LogP contribution in [0, 0.1) is 0 Å². The van der Waals surface area contributed by atoms with Gasteiger partial charge in [-0.1, -0.05) is 11.6 Å². The van der Waals surface area contributed by atoms with E-state index >= 15 is 0 Å². The molecule has 0 aliphatic carbocycles.